The molecule has 18 heavy (non-hydrogen) atoms. The van der Waals surface area contributed by atoms with Crippen molar-refractivity contribution in [2.45, 2.75) is 26.3 Å². The number of rotatable bonds is 2. The van der Waals surface area contributed by atoms with E-state index in [1.165, 1.54) is 12.1 Å². The van der Waals surface area contributed by atoms with Crippen molar-refractivity contribution in [2.24, 2.45) is 10.7 Å². The third-order valence-corrected chi connectivity index (χ3v) is 3.57. The summed E-state index contributed by atoms with van der Waals surface area (Å²) >= 11 is 0. The van der Waals surface area contributed by atoms with Gasteiger partial charge in [-0.2, -0.15) is 0 Å². The first kappa shape index (κ1) is 12.8. The van der Waals surface area contributed by atoms with Crippen molar-refractivity contribution in [1.82, 2.24) is 4.90 Å². The lowest BCUT2D eigenvalue weighted by Gasteiger charge is -2.36. The molecule has 1 aliphatic rings. The SMILES string of the molecule is CCN1C(N)=NCC1(C)c1cc(F)c(C)cc1F. The highest BCUT2D eigenvalue weighted by Gasteiger charge is 2.40. The molecule has 0 amide bonds. The molecule has 0 aliphatic carbocycles. The highest BCUT2D eigenvalue weighted by atomic mass is 19.1. The molecule has 0 saturated heterocycles. The summed E-state index contributed by atoms with van der Waals surface area (Å²) < 4.78 is 27.7. The second kappa shape index (κ2) is 4.23. The monoisotopic (exact) mass is 253 g/mol. The van der Waals surface area contributed by atoms with Gasteiger partial charge in [0.2, 0.25) is 0 Å². The fourth-order valence-electron chi connectivity index (χ4n) is 2.46. The Balaban J connectivity index is 2.52. The maximum atomic E-state index is 14.1. The first-order chi connectivity index (χ1) is 8.40. The van der Waals surface area contributed by atoms with E-state index in [-0.39, 0.29) is 0 Å². The number of hydrogen-bond donors (Lipinski definition) is 1. The van der Waals surface area contributed by atoms with Crippen LogP contribution in [0.2, 0.25) is 0 Å². The van der Waals surface area contributed by atoms with Gasteiger partial charge in [0.1, 0.15) is 11.6 Å². The quantitative estimate of drug-likeness (QED) is 0.877. The van der Waals surface area contributed by atoms with E-state index in [4.69, 9.17) is 5.73 Å². The Bertz CT molecular complexity index is 513. The van der Waals surface area contributed by atoms with Crippen LogP contribution in [-0.4, -0.2) is 23.9 Å². The van der Waals surface area contributed by atoms with E-state index in [1.54, 1.807) is 11.8 Å². The molecule has 1 aromatic carbocycles. The second-order valence-corrected chi connectivity index (χ2v) is 4.77. The molecular formula is C13H17F2N3. The molecular weight excluding hydrogens is 236 g/mol. The first-order valence-electron chi connectivity index (χ1n) is 5.94. The predicted molar refractivity (Wildman–Crippen MR) is 67.3 cm³/mol. The van der Waals surface area contributed by atoms with Gasteiger partial charge in [-0.1, -0.05) is 0 Å². The molecule has 3 nitrogen and oxygen atoms in total. The van der Waals surface area contributed by atoms with Crippen LogP contribution in [0.15, 0.2) is 17.1 Å². The number of likely N-dealkylation sites (N-methyl/N-ethyl adjacent to an activating group) is 1. The van der Waals surface area contributed by atoms with Crippen LogP contribution in [0.4, 0.5) is 8.78 Å². The summed E-state index contributed by atoms with van der Waals surface area (Å²) in [5.41, 5.74) is 5.67. The molecule has 0 saturated carbocycles. The Morgan fingerprint density at radius 1 is 1.39 bits per heavy atom. The van der Waals surface area contributed by atoms with Crippen molar-refractivity contribution in [2.75, 3.05) is 13.1 Å². The Kier molecular flexibility index (Phi) is 3.00. The van der Waals surface area contributed by atoms with Crippen molar-refractivity contribution in [1.29, 1.82) is 0 Å². The van der Waals surface area contributed by atoms with Crippen molar-refractivity contribution in [3.8, 4) is 0 Å². The smallest absolute Gasteiger partial charge is 0.192 e. The number of aliphatic imine (C=N–C) groups is 1. The third-order valence-electron chi connectivity index (χ3n) is 3.57. The van der Waals surface area contributed by atoms with Crippen LogP contribution in [0.25, 0.3) is 0 Å². The average Bonchev–Trinajstić information content (AvgIpc) is 2.60. The topological polar surface area (TPSA) is 41.6 Å². The number of guanidine groups is 1. The van der Waals surface area contributed by atoms with Gasteiger partial charge in [-0.25, -0.2) is 8.78 Å². The fraction of sp³-hybridized carbons (Fsp3) is 0.462. The van der Waals surface area contributed by atoms with Crippen LogP contribution in [-0.2, 0) is 5.54 Å². The Labute approximate surface area is 105 Å². The van der Waals surface area contributed by atoms with E-state index < -0.39 is 17.2 Å². The van der Waals surface area contributed by atoms with Gasteiger partial charge in [-0.15, -0.1) is 0 Å². The Morgan fingerprint density at radius 2 is 2.06 bits per heavy atom. The first-order valence-corrected chi connectivity index (χ1v) is 5.94. The summed E-state index contributed by atoms with van der Waals surface area (Å²) in [7, 11) is 0. The van der Waals surface area contributed by atoms with Crippen LogP contribution < -0.4 is 5.73 Å². The van der Waals surface area contributed by atoms with E-state index in [2.05, 4.69) is 4.99 Å². The maximum Gasteiger partial charge on any atom is 0.192 e. The van der Waals surface area contributed by atoms with E-state index in [0.717, 1.165) is 0 Å². The van der Waals surface area contributed by atoms with Gasteiger partial charge >= 0.3 is 0 Å². The van der Waals surface area contributed by atoms with Crippen LogP contribution in [0.5, 0.6) is 0 Å². The number of nitrogens with zero attached hydrogens (tertiary/aromatic N) is 2. The summed E-state index contributed by atoms with van der Waals surface area (Å²) in [5.74, 6) is -0.450. The zero-order chi connectivity index (χ0) is 13.5. The molecule has 0 aromatic heterocycles. The molecule has 98 valence electrons. The molecule has 1 aliphatic heterocycles. The minimum absolute atomic E-state index is 0.301. The molecule has 1 aromatic rings. The van der Waals surface area contributed by atoms with Crippen LogP contribution in [0.1, 0.15) is 25.0 Å². The van der Waals surface area contributed by atoms with Gasteiger partial charge in [0, 0.05) is 12.1 Å². The largest absolute Gasteiger partial charge is 0.370 e. The van der Waals surface area contributed by atoms with Crippen LogP contribution in [0, 0.1) is 18.6 Å². The highest BCUT2D eigenvalue weighted by Crippen LogP contribution is 2.34. The van der Waals surface area contributed by atoms with Gasteiger partial charge in [0.25, 0.3) is 0 Å². The molecule has 2 N–H and O–H groups in total. The number of halogens is 2. The molecule has 1 atom stereocenters. The fourth-order valence-corrected chi connectivity index (χ4v) is 2.46. The number of hydrogen-bond acceptors (Lipinski definition) is 3. The maximum absolute atomic E-state index is 14.1. The lowest BCUT2D eigenvalue weighted by molar-refractivity contribution is 0.226. The zero-order valence-corrected chi connectivity index (χ0v) is 10.8. The van der Waals surface area contributed by atoms with Crippen molar-refractivity contribution in [3.05, 3.63) is 34.9 Å². The molecule has 0 radical (unpaired) electrons. The lowest BCUT2D eigenvalue weighted by atomic mass is 9.89. The van der Waals surface area contributed by atoms with Gasteiger partial charge in [0.05, 0.1) is 12.1 Å². The van der Waals surface area contributed by atoms with Gasteiger partial charge < -0.3 is 10.6 Å². The molecule has 0 fully saturated rings. The summed E-state index contributed by atoms with van der Waals surface area (Å²) in [5, 5.41) is 0. The average molecular weight is 253 g/mol. The molecule has 0 bridgehead atoms. The second-order valence-electron chi connectivity index (χ2n) is 4.77. The van der Waals surface area contributed by atoms with Crippen molar-refractivity contribution in [3.63, 3.8) is 0 Å². The Hall–Kier alpha value is -1.65. The minimum atomic E-state index is -0.711. The predicted octanol–water partition coefficient (Wildman–Crippen LogP) is 2.14. The minimum Gasteiger partial charge on any atom is -0.370 e. The lowest BCUT2D eigenvalue weighted by Crippen LogP contribution is -2.47. The van der Waals surface area contributed by atoms with E-state index >= 15 is 0 Å². The Morgan fingerprint density at radius 3 is 2.67 bits per heavy atom. The molecule has 2 rings (SSSR count). The standard InChI is InChI=1S/C13H17F2N3/c1-4-18-12(16)17-7-13(18,3)9-6-10(14)8(2)5-11(9)15/h5-6H,4,7H2,1-3H3,(H2,16,17). The van der Waals surface area contributed by atoms with Crippen molar-refractivity contribution < 1.29 is 8.78 Å². The van der Waals surface area contributed by atoms with Gasteiger partial charge in [-0.3, -0.25) is 4.99 Å². The highest BCUT2D eigenvalue weighted by molar-refractivity contribution is 5.81. The molecule has 1 heterocycles. The van der Waals surface area contributed by atoms with E-state index in [0.29, 0.717) is 30.2 Å². The zero-order valence-electron chi connectivity index (χ0n) is 10.8. The summed E-state index contributed by atoms with van der Waals surface area (Å²) in [4.78, 5) is 5.93. The summed E-state index contributed by atoms with van der Waals surface area (Å²) in [6, 6.07) is 2.47. The van der Waals surface area contributed by atoms with Crippen molar-refractivity contribution >= 4 is 5.96 Å². The van der Waals surface area contributed by atoms with E-state index in [1.807, 2.05) is 13.8 Å². The van der Waals surface area contributed by atoms with Gasteiger partial charge in [-0.05, 0) is 38.5 Å². The normalized spacial score (nSPS) is 23.4. The molecule has 1 unspecified atom stereocenters. The van der Waals surface area contributed by atoms with E-state index in [9.17, 15) is 8.78 Å². The number of benzene rings is 1. The summed E-state index contributed by atoms with van der Waals surface area (Å²) in [6.45, 7) is 6.22. The number of aryl methyl sites for hydroxylation is 1. The molecule has 5 heteroatoms. The molecule has 0 spiro atoms. The summed E-state index contributed by atoms with van der Waals surface area (Å²) in [6.07, 6.45) is 0. The van der Waals surface area contributed by atoms with Crippen LogP contribution >= 0.6 is 0 Å². The number of nitrogens with two attached hydrogens (primary N) is 1. The third kappa shape index (κ3) is 1.74. The van der Waals surface area contributed by atoms with Gasteiger partial charge in [0.15, 0.2) is 5.96 Å². The van der Waals surface area contributed by atoms with Crippen LogP contribution in [0.3, 0.4) is 0 Å².